The van der Waals surface area contributed by atoms with Crippen molar-refractivity contribution in [3.05, 3.63) is 89.5 Å². The lowest BCUT2D eigenvalue weighted by molar-refractivity contribution is 0.0698. The molecule has 4 aromatic rings. The van der Waals surface area contributed by atoms with E-state index in [1.807, 2.05) is 0 Å². The monoisotopic (exact) mass is 446 g/mol. The molecule has 8 nitrogen and oxygen atoms in total. The lowest BCUT2D eigenvalue weighted by Crippen LogP contribution is -2.14. The Balaban J connectivity index is 1.53. The Morgan fingerprint density at radius 3 is 2.52 bits per heavy atom. The van der Waals surface area contributed by atoms with Gasteiger partial charge in [-0.1, -0.05) is 18.2 Å². The first-order valence-corrected chi connectivity index (χ1v) is 9.91. The number of methoxy groups -OCH3 is 1. The molecule has 0 saturated heterocycles. The summed E-state index contributed by atoms with van der Waals surface area (Å²) in [5.41, 5.74) is 1.02. The number of nitrogens with one attached hydrogen (secondary N) is 2. The Hall–Kier alpha value is -4.53. The zero-order valence-electron chi connectivity index (χ0n) is 17.5. The molecule has 0 aliphatic carbocycles. The number of carbonyl (C=O) groups is 2. The minimum absolute atomic E-state index is 0.0378. The molecule has 1 heterocycles. The number of aromatic carboxylic acids is 1. The summed E-state index contributed by atoms with van der Waals surface area (Å²) in [5, 5.41) is 15.5. The largest absolute Gasteiger partial charge is 0.497 e. The molecule has 4 rings (SSSR count). The summed E-state index contributed by atoms with van der Waals surface area (Å²) in [4.78, 5) is 32.1. The number of nitrogens with zero attached hydrogens (tertiary/aromatic N) is 2. The van der Waals surface area contributed by atoms with Gasteiger partial charge < -0.3 is 20.5 Å². The molecule has 0 radical (unpaired) electrons. The second-order valence-corrected chi connectivity index (χ2v) is 7.04. The number of para-hydroxylation sites is 1. The first-order chi connectivity index (χ1) is 16.0. The fourth-order valence-corrected chi connectivity index (χ4v) is 3.33. The predicted octanol–water partition coefficient (Wildman–Crippen LogP) is 4.34. The van der Waals surface area contributed by atoms with E-state index in [0.29, 0.717) is 28.1 Å². The van der Waals surface area contributed by atoms with E-state index in [2.05, 4.69) is 20.6 Å². The van der Waals surface area contributed by atoms with Crippen molar-refractivity contribution in [3.8, 4) is 5.75 Å². The minimum atomic E-state index is -1.10. The van der Waals surface area contributed by atoms with Gasteiger partial charge >= 0.3 is 5.97 Å². The number of aromatic nitrogens is 2. The van der Waals surface area contributed by atoms with Gasteiger partial charge in [-0.15, -0.1) is 0 Å². The van der Waals surface area contributed by atoms with Gasteiger partial charge in [-0.2, -0.15) is 0 Å². The molecule has 0 spiro atoms. The van der Waals surface area contributed by atoms with E-state index in [4.69, 9.17) is 4.74 Å². The first-order valence-electron chi connectivity index (χ1n) is 9.91. The van der Waals surface area contributed by atoms with Crippen LogP contribution in [0.25, 0.3) is 10.9 Å². The Morgan fingerprint density at radius 1 is 1.03 bits per heavy atom. The molecule has 33 heavy (non-hydrogen) atoms. The zero-order chi connectivity index (χ0) is 23.4. The van der Waals surface area contributed by atoms with Gasteiger partial charge in [0.15, 0.2) is 5.82 Å². The third-order valence-electron chi connectivity index (χ3n) is 5.02. The smallest absolute Gasteiger partial charge is 0.337 e. The highest BCUT2D eigenvalue weighted by molar-refractivity contribution is 6.05. The molecular formula is C24H19FN4O4. The fraction of sp³-hybridized carbons (Fsp3) is 0.0833. The number of anilines is 2. The second-order valence-electron chi connectivity index (χ2n) is 7.04. The van der Waals surface area contributed by atoms with Gasteiger partial charge in [-0.3, -0.25) is 4.79 Å². The molecule has 1 aromatic heterocycles. The van der Waals surface area contributed by atoms with Gasteiger partial charge in [0.1, 0.15) is 17.9 Å². The van der Waals surface area contributed by atoms with Crippen molar-refractivity contribution in [2.75, 3.05) is 17.7 Å². The molecular weight excluding hydrogens is 427 g/mol. The van der Waals surface area contributed by atoms with Crippen LogP contribution in [-0.2, 0) is 6.54 Å². The number of fused-ring (bicyclic) bond motifs is 1. The molecule has 0 fully saturated rings. The van der Waals surface area contributed by atoms with E-state index < -0.39 is 17.7 Å². The van der Waals surface area contributed by atoms with Crippen LogP contribution in [0, 0.1) is 5.82 Å². The number of halogens is 1. The third-order valence-corrected chi connectivity index (χ3v) is 5.02. The van der Waals surface area contributed by atoms with Crippen molar-refractivity contribution in [1.29, 1.82) is 0 Å². The number of hydrogen-bond donors (Lipinski definition) is 3. The fourth-order valence-electron chi connectivity index (χ4n) is 3.33. The van der Waals surface area contributed by atoms with Crippen LogP contribution in [0.5, 0.6) is 5.75 Å². The number of hydrogen-bond acceptors (Lipinski definition) is 6. The van der Waals surface area contributed by atoms with Crippen LogP contribution in [0.3, 0.4) is 0 Å². The Kier molecular flexibility index (Phi) is 6.12. The normalized spacial score (nSPS) is 10.6. The van der Waals surface area contributed by atoms with E-state index >= 15 is 4.39 Å². The van der Waals surface area contributed by atoms with E-state index in [9.17, 15) is 14.7 Å². The predicted molar refractivity (Wildman–Crippen MR) is 121 cm³/mol. The van der Waals surface area contributed by atoms with E-state index in [1.54, 1.807) is 48.5 Å². The van der Waals surface area contributed by atoms with Crippen LogP contribution < -0.4 is 15.4 Å². The summed E-state index contributed by atoms with van der Waals surface area (Å²) in [5.74, 6) is -1.16. The van der Waals surface area contributed by atoms with Crippen molar-refractivity contribution >= 4 is 34.3 Å². The van der Waals surface area contributed by atoms with Crippen molar-refractivity contribution in [3.63, 3.8) is 0 Å². The Bertz CT molecular complexity index is 1340. The van der Waals surface area contributed by atoms with Gasteiger partial charge in [0, 0.05) is 23.1 Å². The molecule has 0 bridgehead atoms. The topological polar surface area (TPSA) is 113 Å². The van der Waals surface area contributed by atoms with Gasteiger partial charge in [-0.05, 0) is 42.5 Å². The maximum Gasteiger partial charge on any atom is 0.337 e. The van der Waals surface area contributed by atoms with Gasteiger partial charge in [-0.25, -0.2) is 19.2 Å². The lowest BCUT2D eigenvalue weighted by Gasteiger charge is -2.12. The van der Waals surface area contributed by atoms with Gasteiger partial charge in [0.2, 0.25) is 0 Å². The quantitative estimate of drug-likeness (QED) is 0.387. The van der Waals surface area contributed by atoms with Crippen molar-refractivity contribution in [2.24, 2.45) is 0 Å². The van der Waals surface area contributed by atoms with Crippen LogP contribution in [0.15, 0.2) is 67.0 Å². The van der Waals surface area contributed by atoms with Crippen molar-refractivity contribution in [1.82, 2.24) is 9.97 Å². The average Bonchev–Trinajstić information content (AvgIpc) is 2.84. The van der Waals surface area contributed by atoms with Crippen LogP contribution in [0.2, 0.25) is 0 Å². The summed E-state index contributed by atoms with van der Waals surface area (Å²) >= 11 is 0. The number of benzene rings is 3. The number of rotatable bonds is 7. The SMILES string of the molecule is COc1ccc(C(=O)Nc2cccc(CNc3ncnc4c(C(=O)O)cccc34)c2F)cc1. The molecule has 0 atom stereocenters. The summed E-state index contributed by atoms with van der Waals surface area (Å²) in [6, 6.07) is 15.9. The highest BCUT2D eigenvalue weighted by Gasteiger charge is 2.15. The lowest BCUT2D eigenvalue weighted by atomic mass is 10.1. The molecule has 0 aliphatic heterocycles. The number of ether oxygens (including phenoxy) is 1. The van der Waals surface area contributed by atoms with Crippen LogP contribution >= 0.6 is 0 Å². The molecule has 0 saturated carbocycles. The number of amides is 1. The van der Waals surface area contributed by atoms with E-state index in [0.717, 1.165) is 0 Å². The van der Waals surface area contributed by atoms with E-state index in [-0.39, 0.29) is 23.3 Å². The van der Waals surface area contributed by atoms with Gasteiger partial charge in [0.25, 0.3) is 5.91 Å². The summed E-state index contributed by atoms with van der Waals surface area (Å²) in [6.07, 6.45) is 1.25. The zero-order valence-corrected chi connectivity index (χ0v) is 17.5. The Labute approximate surface area is 188 Å². The number of carboxylic acids is 1. The van der Waals surface area contributed by atoms with Crippen molar-refractivity contribution < 1.29 is 23.8 Å². The van der Waals surface area contributed by atoms with E-state index in [1.165, 1.54) is 25.6 Å². The van der Waals surface area contributed by atoms with Crippen LogP contribution in [0.4, 0.5) is 15.9 Å². The summed E-state index contributed by atoms with van der Waals surface area (Å²) in [6.45, 7) is 0.0570. The molecule has 1 amide bonds. The van der Waals surface area contributed by atoms with Gasteiger partial charge in [0.05, 0.1) is 23.9 Å². The standard InChI is InChI=1S/C24H19FN4O4/c1-33-16-10-8-14(9-11-16)23(30)29-19-7-2-4-15(20(19)25)12-26-22-17-5-3-6-18(24(31)32)21(17)27-13-28-22/h2-11,13H,12H2,1H3,(H,29,30)(H,31,32)(H,26,27,28). The highest BCUT2D eigenvalue weighted by atomic mass is 19.1. The molecule has 166 valence electrons. The summed E-state index contributed by atoms with van der Waals surface area (Å²) in [7, 11) is 1.53. The molecule has 0 unspecified atom stereocenters. The third kappa shape index (κ3) is 4.57. The maximum atomic E-state index is 15.1. The maximum absolute atomic E-state index is 15.1. The molecule has 3 aromatic carbocycles. The molecule has 3 N–H and O–H groups in total. The average molecular weight is 446 g/mol. The van der Waals surface area contributed by atoms with Crippen molar-refractivity contribution in [2.45, 2.75) is 6.54 Å². The molecule has 9 heteroatoms. The summed E-state index contributed by atoms with van der Waals surface area (Å²) < 4.78 is 20.1. The first kappa shape index (κ1) is 21.7. The highest BCUT2D eigenvalue weighted by Crippen LogP contribution is 2.24. The van der Waals surface area contributed by atoms with Crippen LogP contribution in [-0.4, -0.2) is 34.1 Å². The van der Waals surface area contributed by atoms with Crippen LogP contribution in [0.1, 0.15) is 26.3 Å². The number of carbonyl (C=O) groups excluding carboxylic acids is 1. The molecule has 0 aliphatic rings. The number of carboxylic acid groups (broad SMARTS) is 1. The minimum Gasteiger partial charge on any atom is -0.497 e. The second kappa shape index (κ2) is 9.31. The Morgan fingerprint density at radius 2 is 1.79 bits per heavy atom.